The van der Waals surface area contributed by atoms with Crippen LogP contribution in [0.15, 0.2) is 30.3 Å². The van der Waals surface area contributed by atoms with Crippen molar-refractivity contribution in [1.82, 2.24) is 10.6 Å². The molecule has 1 aliphatic carbocycles. The smallest absolute Gasteiger partial charge is 0.234 e. The predicted octanol–water partition coefficient (Wildman–Crippen LogP) is 2.50. The molecule has 0 bridgehead atoms. The van der Waals surface area contributed by atoms with Gasteiger partial charge in [-0.15, -0.1) is 0 Å². The summed E-state index contributed by atoms with van der Waals surface area (Å²) in [5, 5.41) is 6.36. The van der Waals surface area contributed by atoms with Crippen LogP contribution in [0.4, 0.5) is 0 Å². The lowest BCUT2D eigenvalue weighted by Crippen LogP contribution is -2.38. The number of carbonyl (C=O) groups is 1. The van der Waals surface area contributed by atoms with Crippen LogP contribution in [0.3, 0.4) is 0 Å². The Kier molecular flexibility index (Phi) is 4.97. The van der Waals surface area contributed by atoms with Crippen molar-refractivity contribution >= 4 is 5.91 Å². The predicted molar refractivity (Wildman–Crippen MR) is 77.8 cm³/mol. The minimum absolute atomic E-state index is 0.0863. The first-order valence-corrected chi connectivity index (χ1v) is 7.22. The van der Waals surface area contributed by atoms with E-state index in [-0.39, 0.29) is 11.9 Å². The Hall–Kier alpha value is -1.35. The molecular formula is C16H24N2O. The molecule has 0 aromatic heterocycles. The standard InChI is InChI=1S/C16H24N2O/c1-12(2)16(14-6-4-3-5-7-14)18-15(19)11-17-10-13-8-9-13/h3-7,12-13,16-17H,8-11H2,1-2H3,(H,18,19). The topological polar surface area (TPSA) is 41.1 Å². The van der Waals surface area contributed by atoms with Crippen LogP contribution in [0.5, 0.6) is 0 Å². The van der Waals surface area contributed by atoms with Crippen molar-refractivity contribution in [2.24, 2.45) is 11.8 Å². The van der Waals surface area contributed by atoms with Crippen LogP contribution in [-0.2, 0) is 4.79 Å². The third-order valence-corrected chi connectivity index (χ3v) is 3.56. The molecule has 1 aromatic rings. The second-order valence-electron chi connectivity index (χ2n) is 5.77. The minimum Gasteiger partial charge on any atom is -0.348 e. The van der Waals surface area contributed by atoms with Gasteiger partial charge in [0.15, 0.2) is 0 Å². The van der Waals surface area contributed by atoms with Gasteiger partial charge in [-0.3, -0.25) is 4.79 Å². The van der Waals surface area contributed by atoms with Gasteiger partial charge in [0.05, 0.1) is 12.6 Å². The number of hydrogen-bond donors (Lipinski definition) is 2. The summed E-state index contributed by atoms with van der Waals surface area (Å²) in [5.41, 5.74) is 1.17. The zero-order valence-corrected chi connectivity index (χ0v) is 11.9. The molecule has 0 saturated heterocycles. The Bertz CT molecular complexity index is 398. The van der Waals surface area contributed by atoms with Gasteiger partial charge in [0.1, 0.15) is 0 Å². The lowest BCUT2D eigenvalue weighted by Gasteiger charge is -2.23. The Labute approximate surface area is 115 Å². The maximum atomic E-state index is 12.0. The van der Waals surface area contributed by atoms with E-state index in [4.69, 9.17) is 0 Å². The fourth-order valence-corrected chi connectivity index (χ4v) is 2.23. The van der Waals surface area contributed by atoms with Gasteiger partial charge in [0.25, 0.3) is 0 Å². The van der Waals surface area contributed by atoms with Crippen LogP contribution in [0.25, 0.3) is 0 Å². The maximum Gasteiger partial charge on any atom is 0.234 e. The number of hydrogen-bond acceptors (Lipinski definition) is 2. The van der Waals surface area contributed by atoms with Gasteiger partial charge in [-0.2, -0.15) is 0 Å². The quantitative estimate of drug-likeness (QED) is 0.791. The lowest BCUT2D eigenvalue weighted by atomic mass is 9.96. The molecule has 3 nitrogen and oxygen atoms in total. The largest absolute Gasteiger partial charge is 0.348 e. The van der Waals surface area contributed by atoms with Crippen LogP contribution < -0.4 is 10.6 Å². The molecule has 1 aliphatic rings. The molecule has 1 aromatic carbocycles. The number of rotatable bonds is 7. The molecule has 2 rings (SSSR count). The first-order chi connectivity index (χ1) is 9.16. The Morgan fingerprint density at radius 3 is 2.53 bits per heavy atom. The first kappa shape index (κ1) is 14.1. The molecule has 1 fully saturated rings. The van der Waals surface area contributed by atoms with Crippen LogP contribution in [0.1, 0.15) is 38.3 Å². The van der Waals surface area contributed by atoms with Crippen molar-refractivity contribution in [1.29, 1.82) is 0 Å². The molecule has 1 saturated carbocycles. The zero-order chi connectivity index (χ0) is 13.7. The summed E-state index contributed by atoms with van der Waals surface area (Å²) in [4.78, 5) is 12.0. The molecule has 0 aliphatic heterocycles. The van der Waals surface area contributed by atoms with Crippen molar-refractivity contribution in [3.8, 4) is 0 Å². The molecule has 0 radical (unpaired) electrons. The Morgan fingerprint density at radius 1 is 1.26 bits per heavy atom. The first-order valence-electron chi connectivity index (χ1n) is 7.22. The highest BCUT2D eigenvalue weighted by atomic mass is 16.1. The van der Waals surface area contributed by atoms with Gasteiger partial charge in [0, 0.05) is 0 Å². The van der Waals surface area contributed by atoms with E-state index in [2.05, 4.69) is 36.6 Å². The summed E-state index contributed by atoms with van der Waals surface area (Å²) in [6, 6.07) is 10.3. The molecular weight excluding hydrogens is 236 g/mol. The second kappa shape index (κ2) is 6.71. The molecule has 104 valence electrons. The van der Waals surface area contributed by atoms with E-state index in [0.717, 1.165) is 12.5 Å². The monoisotopic (exact) mass is 260 g/mol. The number of nitrogens with one attached hydrogen (secondary N) is 2. The molecule has 0 spiro atoms. The van der Waals surface area contributed by atoms with E-state index in [1.165, 1.54) is 18.4 Å². The van der Waals surface area contributed by atoms with E-state index < -0.39 is 0 Å². The second-order valence-corrected chi connectivity index (χ2v) is 5.77. The van der Waals surface area contributed by atoms with Gasteiger partial charge in [-0.25, -0.2) is 0 Å². The summed E-state index contributed by atoms with van der Waals surface area (Å²) in [6.07, 6.45) is 2.63. The maximum absolute atomic E-state index is 12.0. The Morgan fingerprint density at radius 2 is 1.95 bits per heavy atom. The third-order valence-electron chi connectivity index (χ3n) is 3.56. The molecule has 0 heterocycles. The summed E-state index contributed by atoms with van der Waals surface area (Å²) in [7, 11) is 0. The van der Waals surface area contributed by atoms with Crippen molar-refractivity contribution in [3.63, 3.8) is 0 Å². The molecule has 1 atom stereocenters. The van der Waals surface area contributed by atoms with Crippen molar-refractivity contribution in [2.45, 2.75) is 32.7 Å². The zero-order valence-electron chi connectivity index (χ0n) is 11.9. The van der Waals surface area contributed by atoms with Crippen molar-refractivity contribution in [2.75, 3.05) is 13.1 Å². The van der Waals surface area contributed by atoms with E-state index in [0.29, 0.717) is 12.5 Å². The summed E-state index contributed by atoms with van der Waals surface area (Å²) in [6.45, 7) is 5.67. The van der Waals surface area contributed by atoms with Crippen molar-refractivity contribution < 1.29 is 4.79 Å². The molecule has 19 heavy (non-hydrogen) atoms. The van der Waals surface area contributed by atoms with Crippen LogP contribution in [0.2, 0.25) is 0 Å². The SMILES string of the molecule is CC(C)C(NC(=O)CNCC1CC1)c1ccccc1. The highest BCUT2D eigenvalue weighted by molar-refractivity contribution is 5.78. The van der Waals surface area contributed by atoms with E-state index >= 15 is 0 Å². The normalized spacial score (nSPS) is 16.4. The highest BCUT2D eigenvalue weighted by Gasteiger charge is 2.21. The highest BCUT2D eigenvalue weighted by Crippen LogP contribution is 2.27. The van der Waals surface area contributed by atoms with Gasteiger partial charge in [-0.1, -0.05) is 44.2 Å². The number of benzene rings is 1. The number of carbonyl (C=O) groups excluding carboxylic acids is 1. The van der Waals surface area contributed by atoms with Crippen LogP contribution in [-0.4, -0.2) is 19.0 Å². The van der Waals surface area contributed by atoms with Crippen LogP contribution >= 0.6 is 0 Å². The minimum atomic E-state index is 0.0863. The summed E-state index contributed by atoms with van der Waals surface area (Å²) < 4.78 is 0. The third kappa shape index (κ3) is 4.67. The van der Waals surface area contributed by atoms with E-state index in [9.17, 15) is 4.79 Å². The molecule has 1 unspecified atom stereocenters. The van der Waals surface area contributed by atoms with Gasteiger partial charge >= 0.3 is 0 Å². The molecule has 1 amide bonds. The Balaban J connectivity index is 1.83. The van der Waals surface area contributed by atoms with Crippen molar-refractivity contribution in [3.05, 3.63) is 35.9 Å². The van der Waals surface area contributed by atoms with E-state index in [1.54, 1.807) is 0 Å². The summed E-state index contributed by atoms with van der Waals surface area (Å²) in [5.74, 6) is 1.28. The fourth-order valence-electron chi connectivity index (χ4n) is 2.23. The average molecular weight is 260 g/mol. The van der Waals surface area contributed by atoms with Gasteiger partial charge < -0.3 is 10.6 Å². The summed E-state index contributed by atoms with van der Waals surface area (Å²) >= 11 is 0. The fraction of sp³-hybridized carbons (Fsp3) is 0.562. The van der Waals surface area contributed by atoms with Gasteiger partial charge in [-0.05, 0) is 36.8 Å². The van der Waals surface area contributed by atoms with E-state index in [1.807, 2.05) is 18.2 Å². The average Bonchev–Trinajstić information content (AvgIpc) is 3.21. The van der Waals surface area contributed by atoms with Gasteiger partial charge in [0.2, 0.25) is 5.91 Å². The molecule has 3 heteroatoms. The number of amides is 1. The molecule has 2 N–H and O–H groups in total. The van der Waals surface area contributed by atoms with Crippen LogP contribution in [0, 0.1) is 11.8 Å². The lowest BCUT2D eigenvalue weighted by molar-refractivity contribution is -0.121.